The van der Waals surface area contributed by atoms with E-state index in [1.54, 1.807) is 6.92 Å². The fourth-order valence-corrected chi connectivity index (χ4v) is 1.71. The van der Waals surface area contributed by atoms with Crippen LogP contribution in [0.3, 0.4) is 0 Å². The van der Waals surface area contributed by atoms with Crippen LogP contribution in [0.15, 0.2) is 24.3 Å². The minimum atomic E-state index is 0.134. The van der Waals surface area contributed by atoms with E-state index in [9.17, 15) is 4.79 Å². The van der Waals surface area contributed by atoms with Gasteiger partial charge in [0.05, 0.1) is 0 Å². The predicted molar refractivity (Wildman–Crippen MR) is 51.8 cm³/mol. The molecule has 0 saturated heterocycles. The van der Waals surface area contributed by atoms with Gasteiger partial charge in [-0.3, -0.25) is 4.79 Å². The van der Waals surface area contributed by atoms with E-state index in [0.29, 0.717) is 5.92 Å². The number of benzene rings is 1. The lowest BCUT2D eigenvalue weighted by molar-refractivity contribution is 0.101. The number of hydrogen-bond acceptors (Lipinski definition) is 2. The third-order valence-electron chi connectivity index (χ3n) is 2.58. The summed E-state index contributed by atoms with van der Waals surface area (Å²) in [5.41, 5.74) is 7.72. The van der Waals surface area contributed by atoms with Gasteiger partial charge in [-0.15, -0.1) is 0 Å². The Labute approximate surface area is 77.8 Å². The molecule has 1 aliphatic carbocycles. The molecule has 1 saturated carbocycles. The molecule has 1 aromatic rings. The Morgan fingerprint density at radius 1 is 1.46 bits per heavy atom. The van der Waals surface area contributed by atoms with E-state index in [1.807, 2.05) is 24.3 Å². The molecular weight excluding hydrogens is 162 g/mol. The number of nitrogens with two attached hydrogens (primary N) is 1. The minimum Gasteiger partial charge on any atom is -0.327 e. The van der Waals surface area contributed by atoms with E-state index >= 15 is 0 Å². The number of carbonyl (C=O) groups excluding carboxylic acids is 1. The second kappa shape index (κ2) is 2.96. The molecule has 2 rings (SSSR count). The maximum Gasteiger partial charge on any atom is 0.160 e. The first-order valence-corrected chi connectivity index (χ1v) is 4.55. The highest BCUT2D eigenvalue weighted by Crippen LogP contribution is 2.40. The number of Topliss-reactive ketones (excluding diaryl/α,β-unsaturated/α-hetero) is 1. The lowest BCUT2D eigenvalue weighted by Gasteiger charge is -2.04. The van der Waals surface area contributed by atoms with Crippen molar-refractivity contribution in [3.8, 4) is 0 Å². The van der Waals surface area contributed by atoms with Crippen LogP contribution in [0.25, 0.3) is 0 Å². The van der Waals surface area contributed by atoms with E-state index in [0.717, 1.165) is 17.5 Å². The fourth-order valence-electron chi connectivity index (χ4n) is 1.71. The van der Waals surface area contributed by atoms with Crippen molar-refractivity contribution in [2.75, 3.05) is 0 Å². The second-order valence-corrected chi connectivity index (χ2v) is 3.65. The van der Waals surface area contributed by atoms with Gasteiger partial charge in [0.15, 0.2) is 5.78 Å². The molecule has 0 heterocycles. The van der Waals surface area contributed by atoms with Crippen molar-refractivity contribution in [3.05, 3.63) is 35.4 Å². The standard InChI is InChI=1S/C11H13NO/c1-7(13)8-4-2-3-5-9(8)10-6-11(10)12/h2-5,10-11H,6,12H2,1H3. The average Bonchev–Trinajstić information content (AvgIpc) is 2.82. The molecule has 2 atom stereocenters. The topological polar surface area (TPSA) is 43.1 Å². The van der Waals surface area contributed by atoms with Crippen LogP contribution < -0.4 is 5.73 Å². The zero-order chi connectivity index (χ0) is 9.42. The van der Waals surface area contributed by atoms with Crippen LogP contribution in [-0.4, -0.2) is 11.8 Å². The van der Waals surface area contributed by atoms with Crippen molar-refractivity contribution in [1.29, 1.82) is 0 Å². The first kappa shape index (κ1) is 8.45. The van der Waals surface area contributed by atoms with Crippen LogP contribution in [0.2, 0.25) is 0 Å². The quantitative estimate of drug-likeness (QED) is 0.695. The molecular formula is C11H13NO. The molecule has 2 N–H and O–H groups in total. The summed E-state index contributed by atoms with van der Waals surface area (Å²) >= 11 is 0. The Morgan fingerprint density at radius 2 is 2.08 bits per heavy atom. The lowest BCUT2D eigenvalue weighted by atomic mass is 10.0. The highest BCUT2D eigenvalue weighted by molar-refractivity contribution is 5.95. The molecule has 2 unspecified atom stereocenters. The molecule has 0 amide bonds. The van der Waals surface area contributed by atoms with Crippen LogP contribution in [0, 0.1) is 0 Å². The van der Waals surface area contributed by atoms with Gasteiger partial charge in [-0.2, -0.15) is 0 Å². The molecule has 0 aromatic heterocycles. The van der Waals surface area contributed by atoms with E-state index in [1.165, 1.54) is 0 Å². The summed E-state index contributed by atoms with van der Waals surface area (Å²) in [7, 11) is 0. The summed E-state index contributed by atoms with van der Waals surface area (Å²) in [6.07, 6.45) is 1.02. The second-order valence-electron chi connectivity index (χ2n) is 3.65. The Hall–Kier alpha value is -1.15. The molecule has 2 heteroatoms. The molecule has 1 aliphatic rings. The SMILES string of the molecule is CC(=O)c1ccccc1C1CC1N. The minimum absolute atomic E-state index is 0.134. The molecule has 1 fully saturated rings. The van der Waals surface area contributed by atoms with Crippen molar-refractivity contribution in [1.82, 2.24) is 0 Å². The smallest absolute Gasteiger partial charge is 0.160 e. The van der Waals surface area contributed by atoms with Crippen LogP contribution in [0.1, 0.15) is 35.2 Å². The summed E-state index contributed by atoms with van der Waals surface area (Å²) in [6, 6.07) is 8.01. The largest absolute Gasteiger partial charge is 0.327 e. The summed E-state index contributed by atoms with van der Waals surface area (Å²) in [4.78, 5) is 11.3. The highest BCUT2D eigenvalue weighted by Gasteiger charge is 2.36. The van der Waals surface area contributed by atoms with Crippen LogP contribution in [0.5, 0.6) is 0 Å². The third kappa shape index (κ3) is 1.49. The monoisotopic (exact) mass is 175 g/mol. The van der Waals surface area contributed by atoms with Crippen LogP contribution in [-0.2, 0) is 0 Å². The molecule has 68 valence electrons. The summed E-state index contributed by atoms with van der Waals surface area (Å²) in [5, 5.41) is 0. The molecule has 0 radical (unpaired) electrons. The normalized spacial score (nSPS) is 25.7. The van der Waals surface area contributed by atoms with Crippen LogP contribution >= 0.6 is 0 Å². The van der Waals surface area contributed by atoms with Gasteiger partial charge in [0.1, 0.15) is 0 Å². The van der Waals surface area contributed by atoms with Gasteiger partial charge in [-0.05, 0) is 18.9 Å². The highest BCUT2D eigenvalue weighted by atomic mass is 16.1. The van der Waals surface area contributed by atoms with Crippen LogP contribution in [0.4, 0.5) is 0 Å². The van der Waals surface area contributed by atoms with Gasteiger partial charge < -0.3 is 5.73 Å². The molecule has 0 bridgehead atoms. The maximum absolute atomic E-state index is 11.3. The summed E-state index contributed by atoms with van der Waals surface area (Å²) in [5.74, 6) is 0.551. The first-order chi connectivity index (χ1) is 6.20. The Bertz CT molecular complexity index is 346. The van der Waals surface area contributed by atoms with Gasteiger partial charge in [-0.25, -0.2) is 0 Å². The molecule has 13 heavy (non-hydrogen) atoms. The Kier molecular flexibility index (Phi) is 1.93. The van der Waals surface area contributed by atoms with Crippen molar-refractivity contribution in [2.24, 2.45) is 5.73 Å². The lowest BCUT2D eigenvalue weighted by Crippen LogP contribution is -2.04. The number of carbonyl (C=O) groups is 1. The maximum atomic E-state index is 11.3. The predicted octanol–water partition coefficient (Wildman–Crippen LogP) is 1.70. The van der Waals surface area contributed by atoms with Crippen molar-refractivity contribution in [2.45, 2.75) is 25.3 Å². The average molecular weight is 175 g/mol. The van der Waals surface area contributed by atoms with Gasteiger partial charge >= 0.3 is 0 Å². The first-order valence-electron chi connectivity index (χ1n) is 4.55. The van der Waals surface area contributed by atoms with E-state index in [4.69, 9.17) is 5.73 Å². The molecule has 0 spiro atoms. The number of rotatable bonds is 2. The van der Waals surface area contributed by atoms with Gasteiger partial charge in [0, 0.05) is 17.5 Å². The summed E-state index contributed by atoms with van der Waals surface area (Å²) < 4.78 is 0. The van der Waals surface area contributed by atoms with Gasteiger partial charge in [0.2, 0.25) is 0 Å². The Balaban J connectivity index is 2.38. The Morgan fingerprint density at radius 3 is 2.62 bits per heavy atom. The van der Waals surface area contributed by atoms with Crippen molar-refractivity contribution < 1.29 is 4.79 Å². The number of ketones is 1. The zero-order valence-corrected chi connectivity index (χ0v) is 7.66. The fraction of sp³-hybridized carbons (Fsp3) is 0.364. The van der Waals surface area contributed by atoms with Gasteiger partial charge in [0.25, 0.3) is 0 Å². The van der Waals surface area contributed by atoms with E-state index < -0.39 is 0 Å². The molecule has 1 aromatic carbocycles. The van der Waals surface area contributed by atoms with E-state index in [2.05, 4.69) is 0 Å². The van der Waals surface area contributed by atoms with Crippen molar-refractivity contribution >= 4 is 5.78 Å². The van der Waals surface area contributed by atoms with Gasteiger partial charge in [-0.1, -0.05) is 24.3 Å². The molecule has 2 nitrogen and oxygen atoms in total. The molecule has 0 aliphatic heterocycles. The van der Waals surface area contributed by atoms with Crippen molar-refractivity contribution in [3.63, 3.8) is 0 Å². The summed E-state index contributed by atoms with van der Waals surface area (Å²) in [6.45, 7) is 1.60. The van der Waals surface area contributed by atoms with E-state index in [-0.39, 0.29) is 11.8 Å². The third-order valence-corrected chi connectivity index (χ3v) is 2.58. The zero-order valence-electron chi connectivity index (χ0n) is 7.66. The number of hydrogen-bond donors (Lipinski definition) is 1.